The molecule has 4 bridgehead atoms. The molecule has 0 spiro atoms. The van der Waals surface area contributed by atoms with Gasteiger partial charge in [-0.1, -0.05) is 23.7 Å². The van der Waals surface area contributed by atoms with Crippen molar-refractivity contribution in [3.8, 4) is 0 Å². The van der Waals surface area contributed by atoms with Gasteiger partial charge in [0.05, 0.1) is 16.1 Å². The number of amides is 2. The summed E-state index contributed by atoms with van der Waals surface area (Å²) in [4.78, 5) is 28.5. The molecule has 1 atom stereocenters. The SMILES string of the molecule is O=C(Nc1ccccc1Cl)[C@H]1CCCN1C(=O)C12CC3CC(CC(C3)C1)C2. The summed E-state index contributed by atoms with van der Waals surface area (Å²) in [6.07, 6.45) is 8.76. The Hall–Kier alpha value is -1.55. The number of hydrogen-bond donors (Lipinski definition) is 1. The van der Waals surface area contributed by atoms with E-state index in [0.29, 0.717) is 17.3 Å². The molecule has 5 heteroatoms. The van der Waals surface area contributed by atoms with Gasteiger partial charge in [-0.15, -0.1) is 0 Å². The second-order valence-corrected chi connectivity index (χ2v) is 9.73. The average Bonchev–Trinajstić information content (AvgIpc) is 3.11. The largest absolute Gasteiger partial charge is 0.330 e. The molecule has 1 heterocycles. The van der Waals surface area contributed by atoms with E-state index in [1.54, 1.807) is 12.1 Å². The molecular weight excluding hydrogens is 360 g/mol. The van der Waals surface area contributed by atoms with Crippen molar-refractivity contribution >= 4 is 29.1 Å². The van der Waals surface area contributed by atoms with Crippen molar-refractivity contribution in [2.24, 2.45) is 23.2 Å². The molecule has 1 N–H and O–H groups in total. The summed E-state index contributed by atoms with van der Waals surface area (Å²) in [5, 5.41) is 3.48. The van der Waals surface area contributed by atoms with Crippen LogP contribution in [0, 0.1) is 23.2 Å². The van der Waals surface area contributed by atoms with E-state index in [0.717, 1.165) is 49.9 Å². The molecule has 0 aromatic heterocycles. The molecule has 4 aliphatic carbocycles. The Balaban J connectivity index is 1.34. The van der Waals surface area contributed by atoms with Crippen molar-refractivity contribution in [1.82, 2.24) is 4.90 Å². The predicted octanol–water partition coefficient (Wildman–Crippen LogP) is 4.49. The maximum absolute atomic E-state index is 13.7. The van der Waals surface area contributed by atoms with E-state index in [-0.39, 0.29) is 23.3 Å². The number of para-hydroxylation sites is 1. The number of benzene rings is 1. The summed E-state index contributed by atoms with van der Waals surface area (Å²) >= 11 is 6.19. The lowest BCUT2D eigenvalue weighted by Gasteiger charge is -2.56. The molecule has 1 aromatic rings. The van der Waals surface area contributed by atoms with Crippen molar-refractivity contribution in [1.29, 1.82) is 0 Å². The summed E-state index contributed by atoms with van der Waals surface area (Å²) in [5.74, 6) is 2.37. The molecule has 0 unspecified atom stereocenters. The van der Waals surface area contributed by atoms with Crippen molar-refractivity contribution < 1.29 is 9.59 Å². The molecule has 6 rings (SSSR count). The number of rotatable bonds is 3. The summed E-state index contributed by atoms with van der Waals surface area (Å²) in [6, 6.07) is 6.91. The first-order valence-corrected chi connectivity index (χ1v) is 10.8. The minimum absolute atomic E-state index is 0.0984. The lowest BCUT2D eigenvalue weighted by molar-refractivity contribution is -0.160. The van der Waals surface area contributed by atoms with E-state index in [2.05, 4.69) is 5.32 Å². The zero-order valence-corrected chi connectivity index (χ0v) is 16.4. The van der Waals surface area contributed by atoms with E-state index in [1.165, 1.54) is 19.3 Å². The minimum Gasteiger partial charge on any atom is -0.330 e. The Morgan fingerprint density at radius 2 is 1.67 bits per heavy atom. The molecule has 5 aliphatic rings. The molecule has 1 saturated heterocycles. The van der Waals surface area contributed by atoms with Gasteiger partial charge >= 0.3 is 0 Å². The fourth-order valence-corrected chi connectivity index (χ4v) is 6.92. The van der Waals surface area contributed by atoms with Gasteiger partial charge in [0.25, 0.3) is 0 Å². The average molecular weight is 387 g/mol. The fraction of sp³-hybridized carbons (Fsp3) is 0.636. The van der Waals surface area contributed by atoms with Gasteiger partial charge in [-0.05, 0) is 81.3 Å². The Kier molecular flexibility index (Phi) is 4.23. The number of carbonyl (C=O) groups is 2. The smallest absolute Gasteiger partial charge is 0.247 e. The quantitative estimate of drug-likeness (QED) is 0.832. The zero-order chi connectivity index (χ0) is 18.6. The van der Waals surface area contributed by atoms with Crippen LogP contribution in [0.2, 0.25) is 5.02 Å². The van der Waals surface area contributed by atoms with Gasteiger partial charge in [-0.3, -0.25) is 9.59 Å². The first-order valence-electron chi connectivity index (χ1n) is 10.4. The van der Waals surface area contributed by atoms with E-state index in [1.807, 2.05) is 17.0 Å². The summed E-state index contributed by atoms with van der Waals surface area (Å²) in [5.41, 5.74) is 0.445. The minimum atomic E-state index is -0.359. The molecule has 2 amide bonds. The Morgan fingerprint density at radius 3 is 2.30 bits per heavy atom. The standard InChI is InChI=1S/C22H27ClN2O2/c23-17-4-1-2-5-18(17)24-20(26)19-6-3-7-25(19)21(27)22-11-14-8-15(12-22)10-16(9-14)13-22/h1-2,4-5,14-16,19H,3,6-13H2,(H,24,26)/t14?,15?,16?,19-,22?/m1/s1. The van der Waals surface area contributed by atoms with E-state index in [4.69, 9.17) is 11.6 Å². The molecule has 5 fully saturated rings. The first-order chi connectivity index (χ1) is 13.0. The van der Waals surface area contributed by atoms with Gasteiger partial charge in [0, 0.05) is 6.54 Å². The van der Waals surface area contributed by atoms with Gasteiger partial charge in [-0.25, -0.2) is 0 Å². The fourth-order valence-electron chi connectivity index (χ4n) is 6.74. The van der Waals surface area contributed by atoms with E-state index < -0.39 is 0 Å². The lowest BCUT2D eigenvalue weighted by atomic mass is 9.49. The molecule has 27 heavy (non-hydrogen) atoms. The molecule has 4 saturated carbocycles. The highest BCUT2D eigenvalue weighted by Gasteiger charge is 2.56. The number of halogens is 1. The number of hydrogen-bond acceptors (Lipinski definition) is 2. The monoisotopic (exact) mass is 386 g/mol. The predicted molar refractivity (Wildman–Crippen MR) is 105 cm³/mol. The third kappa shape index (κ3) is 2.97. The summed E-state index contributed by atoms with van der Waals surface area (Å²) in [7, 11) is 0. The first kappa shape index (κ1) is 17.5. The third-order valence-electron chi connectivity index (χ3n) is 7.44. The van der Waals surface area contributed by atoms with Crippen LogP contribution in [0.1, 0.15) is 51.4 Å². The highest BCUT2D eigenvalue weighted by atomic mass is 35.5. The van der Waals surface area contributed by atoms with Crippen molar-refractivity contribution in [3.05, 3.63) is 29.3 Å². The lowest BCUT2D eigenvalue weighted by Crippen LogP contribution is -2.56. The van der Waals surface area contributed by atoms with Gasteiger partial charge in [-0.2, -0.15) is 0 Å². The number of carbonyl (C=O) groups excluding carboxylic acids is 2. The van der Waals surface area contributed by atoms with Crippen LogP contribution in [0.15, 0.2) is 24.3 Å². The van der Waals surface area contributed by atoms with Crippen molar-refractivity contribution in [2.75, 3.05) is 11.9 Å². The van der Waals surface area contributed by atoms with E-state index in [9.17, 15) is 9.59 Å². The van der Waals surface area contributed by atoms with Crippen molar-refractivity contribution in [2.45, 2.75) is 57.4 Å². The summed E-state index contributed by atoms with van der Waals surface area (Å²) < 4.78 is 0. The highest BCUT2D eigenvalue weighted by molar-refractivity contribution is 6.33. The van der Waals surface area contributed by atoms with E-state index >= 15 is 0 Å². The van der Waals surface area contributed by atoms with Crippen LogP contribution in [0.4, 0.5) is 5.69 Å². The van der Waals surface area contributed by atoms with Crippen LogP contribution in [0.5, 0.6) is 0 Å². The number of likely N-dealkylation sites (tertiary alicyclic amines) is 1. The maximum atomic E-state index is 13.7. The Labute approximate surface area is 165 Å². The number of nitrogens with one attached hydrogen (secondary N) is 1. The van der Waals surface area contributed by atoms with Crippen LogP contribution in [0.3, 0.4) is 0 Å². The molecule has 1 aliphatic heterocycles. The molecule has 4 nitrogen and oxygen atoms in total. The molecule has 0 radical (unpaired) electrons. The Bertz CT molecular complexity index is 742. The summed E-state index contributed by atoms with van der Waals surface area (Å²) in [6.45, 7) is 0.710. The molecular formula is C22H27ClN2O2. The second kappa shape index (κ2) is 6.51. The second-order valence-electron chi connectivity index (χ2n) is 9.32. The Morgan fingerprint density at radius 1 is 1.04 bits per heavy atom. The topological polar surface area (TPSA) is 49.4 Å². The molecule has 1 aromatic carbocycles. The number of anilines is 1. The van der Waals surface area contributed by atoms with Crippen LogP contribution < -0.4 is 5.32 Å². The highest BCUT2D eigenvalue weighted by Crippen LogP contribution is 2.60. The molecule has 144 valence electrons. The number of nitrogens with zero attached hydrogens (tertiary/aromatic N) is 1. The van der Waals surface area contributed by atoms with Crippen LogP contribution in [-0.2, 0) is 9.59 Å². The van der Waals surface area contributed by atoms with Gasteiger partial charge in [0.1, 0.15) is 6.04 Å². The van der Waals surface area contributed by atoms with Crippen LogP contribution >= 0.6 is 11.6 Å². The zero-order valence-electron chi connectivity index (χ0n) is 15.6. The van der Waals surface area contributed by atoms with Gasteiger partial charge in [0.2, 0.25) is 11.8 Å². The van der Waals surface area contributed by atoms with Gasteiger partial charge < -0.3 is 10.2 Å². The van der Waals surface area contributed by atoms with Crippen molar-refractivity contribution in [3.63, 3.8) is 0 Å². The van der Waals surface area contributed by atoms with Crippen LogP contribution in [-0.4, -0.2) is 29.3 Å². The third-order valence-corrected chi connectivity index (χ3v) is 7.77. The van der Waals surface area contributed by atoms with Crippen LogP contribution in [0.25, 0.3) is 0 Å². The normalized spacial score (nSPS) is 36.9. The maximum Gasteiger partial charge on any atom is 0.247 e. The van der Waals surface area contributed by atoms with Gasteiger partial charge in [0.15, 0.2) is 0 Å².